The number of hydrogen-bond acceptors (Lipinski definition) is 6. The summed E-state index contributed by atoms with van der Waals surface area (Å²) in [6.07, 6.45) is 5.66. The number of esters is 1. The molecule has 1 atom stereocenters. The molecule has 2 aromatic heterocycles. The topological polar surface area (TPSA) is 77.8 Å². The first-order valence-corrected chi connectivity index (χ1v) is 11.1. The van der Waals surface area contributed by atoms with Gasteiger partial charge in [0.05, 0.1) is 19.8 Å². The molecule has 1 unspecified atom stereocenters. The Morgan fingerprint density at radius 1 is 1.29 bits per heavy atom. The third-order valence-corrected chi connectivity index (χ3v) is 6.71. The van der Waals surface area contributed by atoms with E-state index in [9.17, 15) is 9.59 Å². The Bertz CT molecular complexity index is 1190. The van der Waals surface area contributed by atoms with Gasteiger partial charge in [-0.25, -0.2) is 4.79 Å². The average molecular weight is 460 g/mol. The highest BCUT2D eigenvalue weighted by Crippen LogP contribution is 2.40. The van der Waals surface area contributed by atoms with E-state index in [0.29, 0.717) is 38.6 Å². The Hall–Kier alpha value is -2.77. The van der Waals surface area contributed by atoms with Crippen LogP contribution in [0.4, 0.5) is 5.00 Å². The van der Waals surface area contributed by atoms with Gasteiger partial charge >= 0.3 is 5.97 Å². The zero-order chi connectivity index (χ0) is 22.1. The molecule has 1 N–H and O–H groups in total. The minimum absolute atomic E-state index is 0.359. The third kappa shape index (κ3) is 4.34. The number of rotatable bonds is 5. The fourth-order valence-corrected chi connectivity index (χ4v) is 5.43. The SMILES string of the molecule is COC(=O)c1c(NC(=O)C=Cc2cc3cc(Cl)cc(OC)c3o2)sc2c1CCC(C)C2. The van der Waals surface area contributed by atoms with E-state index >= 15 is 0 Å². The summed E-state index contributed by atoms with van der Waals surface area (Å²) in [6, 6.07) is 5.21. The number of benzene rings is 1. The van der Waals surface area contributed by atoms with Gasteiger partial charge in [-0.1, -0.05) is 18.5 Å². The van der Waals surface area contributed by atoms with Crippen molar-refractivity contribution in [3.63, 3.8) is 0 Å². The van der Waals surface area contributed by atoms with Gasteiger partial charge in [0.15, 0.2) is 11.3 Å². The summed E-state index contributed by atoms with van der Waals surface area (Å²) in [5, 5.41) is 4.67. The highest BCUT2D eigenvalue weighted by Gasteiger charge is 2.28. The summed E-state index contributed by atoms with van der Waals surface area (Å²) in [4.78, 5) is 26.1. The van der Waals surface area contributed by atoms with E-state index in [0.717, 1.165) is 35.1 Å². The largest absolute Gasteiger partial charge is 0.493 e. The van der Waals surface area contributed by atoms with Crippen molar-refractivity contribution < 1.29 is 23.5 Å². The van der Waals surface area contributed by atoms with E-state index in [2.05, 4.69) is 12.2 Å². The number of hydrogen-bond donors (Lipinski definition) is 1. The minimum Gasteiger partial charge on any atom is -0.493 e. The lowest BCUT2D eigenvalue weighted by Crippen LogP contribution is -2.14. The van der Waals surface area contributed by atoms with Gasteiger partial charge in [-0.05, 0) is 49.0 Å². The maximum Gasteiger partial charge on any atom is 0.341 e. The molecule has 0 spiro atoms. The van der Waals surface area contributed by atoms with Crippen LogP contribution in [0, 0.1) is 5.92 Å². The number of carbonyl (C=O) groups is 2. The molecule has 0 saturated carbocycles. The summed E-state index contributed by atoms with van der Waals surface area (Å²) >= 11 is 7.54. The highest BCUT2D eigenvalue weighted by atomic mass is 35.5. The Balaban J connectivity index is 1.57. The van der Waals surface area contributed by atoms with Crippen LogP contribution in [-0.4, -0.2) is 26.1 Å². The van der Waals surface area contributed by atoms with Crippen molar-refractivity contribution in [2.24, 2.45) is 5.92 Å². The lowest BCUT2D eigenvalue weighted by atomic mass is 9.88. The number of amides is 1. The summed E-state index contributed by atoms with van der Waals surface area (Å²) < 4.78 is 16.0. The average Bonchev–Trinajstić information content (AvgIpc) is 3.31. The number of anilines is 1. The molecule has 162 valence electrons. The zero-order valence-electron chi connectivity index (χ0n) is 17.4. The van der Waals surface area contributed by atoms with Crippen LogP contribution in [0.25, 0.3) is 17.0 Å². The molecule has 31 heavy (non-hydrogen) atoms. The monoisotopic (exact) mass is 459 g/mol. The van der Waals surface area contributed by atoms with Crippen LogP contribution in [0.2, 0.25) is 5.02 Å². The molecule has 1 amide bonds. The van der Waals surface area contributed by atoms with Gasteiger partial charge in [-0.2, -0.15) is 0 Å². The predicted molar refractivity (Wildman–Crippen MR) is 122 cm³/mol. The molecule has 0 fully saturated rings. The van der Waals surface area contributed by atoms with Gasteiger partial charge < -0.3 is 19.2 Å². The molecule has 1 aromatic carbocycles. The molecule has 3 aromatic rings. The Labute approximate surface area is 188 Å². The molecule has 6 nitrogen and oxygen atoms in total. The summed E-state index contributed by atoms with van der Waals surface area (Å²) in [5.74, 6) is 0.777. The lowest BCUT2D eigenvalue weighted by molar-refractivity contribution is -0.111. The molecule has 0 radical (unpaired) electrons. The quantitative estimate of drug-likeness (QED) is 0.390. The number of furan rings is 1. The Morgan fingerprint density at radius 3 is 2.84 bits per heavy atom. The molecular weight excluding hydrogens is 438 g/mol. The van der Waals surface area contributed by atoms with Crippen molar-refractivity contribution in [3.05, 3.63) is 51.1 Å². The van der Waals surface area contributed by atoms with Crippen molar-refractivity contribution in [1.29, 1.82) is 0 Å². The van der Waals surface area contributed by atoms with Gasteiger partial charge in [0.1, 0.15) is 10.8 Å². The van der Waals surface area contributed by atoms with Crippen molar-refractivity contribution in [1.82, 2.24) is 0 Å². The van der Waals surface area contributed by atoms with Crippen LogP contribution in [-0.2, 0) is 22.4 Å². The van der Waals surface area contributed by atoms with Crippen LogP contribution >= 0.6 is 22.9 Å². The predicted octanol–water partition coefficient (Wildman–Crippen LogP) is 5.72. The van der Waals surface area contributed by atoms with E-state index in [1.807, 2.05) is 0 Å². The molecule has 0 bridgehead atoms. The highest BCUT2D eigenvalue weighted by molar-refractivity contribution is 7.17. The smallest absolute Gasteiger partial charge is 0.341 e. The summed E-state index contributed by atoms with van der Waals surface area (Å²) in [6.45, 7) is 2.19. The number of carbonyl (C=O) groups excluding carboxylic acids is 2. The summed E-state index contributed by atoms with van der Waals surface area (Å²) in [5.41, 5.74) is 2.02. The van der Waals surface area contributed by atoms with Crippen molar-refractivity contribution in [2.45, 2.75) is 26.2 Å². The number of fused-ring (bicyclic) bond motifs is 2. The first-order chi connectivity index (χ1) is 14.9. The van der Waals surface area contributed by atoms with Crippen LogP contribution in [0.3, 0.4) is 0 Å². The van der Waals surface area contributed by atoms with E-state index in [-0.39, 0.29) is 5.91 Å². The maximum absolute atomic E-state index is 12.6. The molecule has 4 rings (SSSR count). The third-order valence-electron chi connectivity index (χ3n) is 5.32. The normalized spacial score (nSPS) is 15.8. The number of halogens is 1. The lowest BCUT2D eigenvalue weighted by Gasteiger charge is -2.18. The molecular formula is C23H22ClNO5S. The Kier molecular flexibility index (Phi) is 6.07. The maximum atomic E-state index is 12.6. The van der Waals surface area contributed by atoms with E-state index in [4.69, 9.17) is 25.5 Å². The van der Waals surface area contributed by atoms with Crippen LogP contribution in [0.1, 0.15) is 39.9 Å². The van der Waals surface area contributed by atoms with Crippen LogP contribution < -0.4 is 10.1 Å². The Morgan fingerprint density at radius 2 is 2.10 bits per heavy atom. The molecule has 1 aliphatic carbocycles. The fourth-order valence-electron chi connectivity index (χ4n) is 3.81. The number of methoxy groups -OCH3 is 2. The second kappa shape index (κ2) is 8.77. The van der Waals surface area contributed by atoms with Crippen LogP contribution in [0.15, 0.2) is 28.7 Å². The fraction of sp³-hybridized carbons (Fsp3) is 0.304. The van der Waals surface area contributed by atoms with E-state index in [1.165, 1.54) is 31.6 Å². The first-order valence-electron chi connectivity index (χ1n) is 9.88. The summed E-state index contributed by atoms with van der Waals surface area (Å²) in [7, 11) is 2.89. The van der Waals surface area contributed by atoms with Gasteiger partial charge in [0.2, 0.25) is 5.91 Å². The van der Waals surface area contributed by atoms with Gasteiger partial charge in [0.25, 0.3) is 0 Å². The molecule has 1 aliphatic rings. The van der Waals surface area contributed by atoms with Crippen molar-refractivity contribution in [2.75, 3.05) is 19.5 Å². The zero-order valence-corrected chi connectivity index (χ0v) is 19.0. The minimum atomic E-state index is -0.424. The molecule has 0 saturated heterocycles. The molecule has 0 aliphatic heterocycles. The second-order valence-corrected chi connectivity index (χ2v) is 9.09. The van der Waals surface area contributed by atoms with Crippen molar-refractivity contribution in [3.8, 4) is 5.75 Å². The molecule has 2 heterocycles. The van der Waals surface area contributed by atoms with Gasteiger partial charge in [-0.3, -0.25) is 4.79 Å². The number of thiophene rings is 1. The number of ether oxygens (including phenoxy) is 2. The van der Waals surface area contributed by atoms with Gasteiger partial charge in [-0.15, -0.1) is 11.3 Å². The molecule has 8 heteroatoms. The first kappa shape index (κ1) is 21.5. The van der Waals surface area contributed by atoms with Crippen LogP contribution in [0.5, 0.6) is 5.75 Å². The second-order valence-electron chi connectivity index (χ2n) is 7.55. The standard InChI is InChI=1S/C23H22ClNO5S/c1-12-4-6-16-18(8-12)31-22(20(16)23(27)29-3)25-19(26)7-5-15-10-13-9-14(24)11-17(28-2)21(13)30-15/h5,7,9-12H,4,6,8H2,1-3H3,(H,25,26). The number of nitrogens with one attached hydrogen (secondary N) is 1. The van der Waals surface area contributed by atoms with E-state index in [1.54, 1.807) is 24.3 Å². The van der Waals surface area contributed by atoms with Crippen molar-refractivity contribution >= 4 is 56.9 Å². The van der Waals surface area contributed by atoms with E-state index < -0.39 is 5.97 Å². The van der Waals surface area contributed by atoms with Gasteiger partial charge in [0, 0.05) is 27.4 Å².